The maximum Gasteiger partial charge on any atom is 0.416 e. The molecule has 0 bridgehead atoms. The van der Waals surface area contributed by atoms with Crippen LogP contribution >= 0.6 is 35.0 Å². The summed E-state index contributed by atoms with van der Waals surface area (Å²) in [7, 11) is 0. The predicted molar refractivity (Wildman–Crippen MR) is 84.3 cm³/mol. The van der Waals surface area contributed by atoms with E-state index >= 15 is 0 Å². The van der Waals surface area contributed by atoms with Crippen LogP contribution in [0.25, 0.3) is 0 Å². The fourth-order valence-corrected chi connectivity index (χ4v) is 2.15. The first-order chi connectivity index (χ1) is 10.7. The van der Waals surface area contributed by atoms with Crippen molar-refractivity contribution < 1.29 is 22.5 Å². The Morgan fingerprint density at radius 3 is 2.35 bits per heavy atom. The normalized spacial score (nSPS) is 11.1. The van der Waals surface area contributed by atoms with Gasteiger partial charge in [0.25, 0.3) is 0 Å². The van der Waals surface area contributed by atoms with Crippen LogP contribution in [-0.2, 0) is 6.18 Å². The number of ketones is 1. The van der Waals surface area contributed by atoms with Crippen LogP contribution in [0.1, 0.15) is 28.5 Å². The minimum absolute atomic E-state index is 0.0649. The third kappa shape index (κ3) is 6.08. The summed E-state index contributed by atoms with van der Waals surface area (Å²) in [4.78, 5) is 12.1. The maximum atomic E-state index is 12.6. The quantitative estimate of drug-likeness (QED) is 0.399. The molecule has 0 aliphatic rings. The number of rotatable bonds is 3. The van der Waals surface area contributed by atoms with Crippen molar-refractivity contribution in [2.45, 2.75) is 22.8 Å². The summed E-state index contributed by atoms with van der Waals surface area (Å²) in [5.74, 6) is -0.466. The highest BCUT2D eigenvalue weighted by molar-refractivity contribution is 7.98. The largest absolute Gasteiger partial charge is 0.416 e. The van der Waals surface area contributed by atoms with Gasteiger partial charge in [-0.3, -0.25) is 4.79 Å². The summed E-state index contributed by atoms with van der Waals surface area (Å²) in [5.41, 5.74) is -0.544. The van der Waals surface area contributed by atoms with Crippen LogP contribution in [-0.4, -0.2) is 22.0 Å². The fourth-order valence-electron chi connectivity index (χ4n) is 1.52. The molecule has 1 aromatic carbocycles. The number of alkyl halides is 5. The van der Waals surface area contributed by atoms with Gasteiger partial charge >= 0.3 is 6.18 Å². The fraction of sp³-hybridized carbons (Fsp3) is 0.286. The van der Waals surface area contributed by atoms with E-state index in [0.29, 0.717) is 0 Å². The van der Waals surface area contributed by atoms with Gasteiger partial charge in [-0.25, -0.2) is 0 Å². The van der Waals surface area contributed by atoms with Crippen LogP contribution in [0, 0.1) is 0 Å². The average Bonchev–Trinajstić information content (AvgIpc) is 2.98. The van der Waals surface area contributed by atoms with E-state index in [0.717, 1.165) is 30.0 Å². The molecule has 1 aromatic heterocycles. The second-order valence-corrected chi connectivity index (χ2v) is 6.53. The summed E-state index contributed by atoms with van der Waals surface area (Å²) < 4.78 is 42.3. The Balaban J connectivity index is 0.000000593. The second kappa shape index (κ2) is 8.61. The van der Waals surface area contributed by atoms with Crippen LogP contribution in [0.2, 0.25) is 0 Å². The maximum absolute atomic E-state index is 12.6. The highest BCUT2D eigenvalue weighted by atomic mass is 35.5. The summed E-state index contributed by atoms with van der Waals surface area (Å²) in [6.07, 6.45) is -1.59. The van der Waals surface area contributed by atoms with E-state index in [1.165, 1.54) is 12.3 Å². The second-order valence-electron chi connectivity index (χ2n) is 4.15. The van der Waals surface area contributed by atoms with Gasteiger partial charge in [0.15, 0.2) is 5.69 Å². The molecule has 0 saturated carbocycles. The Morgan fingerprint density at radius 2 is 1.91 bits per heavy atom. The van der Waals surface area contributed by atoms with Gasteiger partial charge in [0.05, 0.1) is 5.56 Å². The highest BCUT2D eigenvalue weighted by Crippen LogP contribution is 2.33. The molecule has 0 saturated heterocycles. The topological polar surface area (TPSA) is 43.1 Å². The van der Waals surface area contributed by atoms with E-state index in [1.807, 2.05) is 0 Å². The van der Waals surface area contributed by atoms with Crippen molar-refractivity contribution in [1.82, 2.24) is 5.16 Å². The molecule has 0 aliphatic heterocycles. The van der Waals surface area contributed by atoms with Crippen molar-refractivity contribution in [3.05, 3.63) is 47.3 Å². The molecule has 0 fully saturated rings. The van der Waals surface area contributed by atoms with E-state index in [2.05, 4.69) is 9.68 Å². The van der Waals surface area contributed by atoms with Crippen LogP contribution in [0.15, 0.2) is 39.9 Å². The van der Waals surface area contributed by atoms with Gasteiger partial charge in [-0.1, -0.05) is 5.16 Å². The highest BCUT2D eigenvalue weighted by Gasteiger charge is 2.31. The molecule has 1 heterocycles. The number of halogens is 5. The molecular weight excluding hydrogens is 374 g/mol. The molecule has 0 spiro atoms. The van der Waals surface area contributed by atoms with Crippen LogP contribution in [0.5, 0.6) is 0 Å². The number of nitrogens with zero attached hydrogens (tertiary/aromatic N) is 1. The van der Waals surface area contributed by atoms with Crippen molar-refractivity contribution in [2.24, 2.45) is 0 Å². The Kier molecular flexibility index (Phi) is 7.44. The molecule has 3 nitrogen and oxygen atoms in total. The molecule has 0 aliphatic carbocycles. The van der Waals surface area contributed by atoms with E-state index in [-0.39, 0.29) is 21.0 Å². The Morgan fingerprint density at radius 1 is 1.30 bits per heavy atom. The van der Waals surface area contributed by atoms with Crippen molar-refractivity contribution in [2.75, 3.05) is 6.26 Å². The number of hydrogen-bond donors (Lipinski definition) is 0. The molecule has 126 valence electrons. The van der Waals surface area contributed by atoms with Crippen molar-refractivity contribution in [3.8, 4) is 0 Å². The molecule has 0 radical (unpaired) electrons. The zero-order chi connectivity index (χ0) is 17.6. The number of thioether (sulfide) groups is 1. The monoisotopic (exact) mass is 385 g/mol. The number of carbonyl (C=O) groups is 1. The summed E-state index contributed by atoms with van der Waals surface area (Å²) in [6.45, 7) is 1.70. The lowest BCUT2D eigenvalue weighted by molar-refractivity contribution is -0.137. The lowest BCUT2D eigenvalue weighted by Gasteiger charge is -2.10. The van der Waals surface area contributed by atoms with Gasteiger partial charge in [-0.05, 0) is 31.4 Å². The zero-order valence-electron chi connectivity index (χ0n) is 12.0. The van der Waals surface area contributed by atoms with Crippen molar-refractivity contribution >= 4 is 40.7 Å². The Labute approximate surface area is 145 Å². The molecular formula is C14H12Cl2F3NO2S. The summed E-state index contributed by atoms with van der Waals surface area (Å²) >= 11 is 11.2. The third-order valence-electron chi connectivity index (χ3n) is 2.44. The minimum atomic E-state index is -4.43. The predicted octanol–water partition coefficient (Wildman–Crippen LogP) is 5.46. The molecule has 0 amide bonds. The van der Waals surface area contributed by atoms with Gasteiger partial charge < -0.3 is 4.52 Å². The van der Waals surface area contributed by atoms with Crippen molar-refractivity contribution in [1.29, 1.82) is 0 Å². The molecule has 23 heavy (non-hydrogen) atoms. The van der Waals surface area contributed by atoms with Gasteiger partial charge in [-0.15, -0.1) is 35.0 Å². The van der Waals surface area contributed by atoms with E-state index in [4.69, 9.17) is 23.2 Å². The van der Waals surface area contributed by atoms with Crippen molar-refractivity contribution in [3.63, 3.8) is 0 Å². The molecule has 0 atom stereocenters. The van der Waals surface area contributed by atoms with Crippen LogP contribution in [0.3, 0.4) is 0 Å². The molecule has 2 rings (SSSR count). The van der Waals surface area contributed by atoms with E-state index < -0.39 is 17.5 Å². The van der Waals surface area contributed by atoms with Gasteiger partial charge in [0, 0.05) is 16.5 Å². The van der Waals surface area contributed by atoms with Crippen LogP contribution < -0.4 is 0 Å². The van der Waals surface area contributed by atoms with Gasteiger partial charge in [0.2, 0.25) is 5.78 Å². The third-order valence-corrected chi connectivity index (χ3v) is 3.22. The molecule has 9 heteroatoms. The standard InChI is InChI=1S/C12H8F3NO2S.C2H4Cl2/c1-19-10-6-7(12(13,14)15)2-3-8(10)11(17)9-4-5-18-16-9;1-2(3)4/h2-6H,1H3;2H,1H3. The SMILES string of the molecule is CC(Cl)Cl.CSc1cc(C(F)(F)F)ccc1C(=O)c1ccon1. The van der Waals surface area contributed by atoms with Gasteiger partial charge in [-0.2, -0.15) is 13.2 Å². The summed E-state index contributed by atoms with van der Waals surface area (Å²) in [5, 5.41) is 3.48. The first-order valence-electron chi connectivity index (χ1n) is 6.15. The smallest absolute Gasteiger partial charge is 0.364 e. The first kappa shape index (κ1) is 19.9. The van der Waals surface area contributed by atoms with E-state index in [9.17, 15) is 18.0 Å². The first-order valence-corrected chi connectivity index (χ1v) is 8.25. The lowest BCUT2D eigenvalue weighted by Crippen LogP contribution is -2.08. The zero-order valence-corrected chi connectivity index (χ0v) is 14.4. The Bertz CT molecular complexity index is 643. The molecule has 2 aromatic rings. The lowest BCUT2D eigenvalue weighted by atomic mass is 10.1. The number of benzene rings is 1. The van der Waals surface area contributed by atoms with E-state index in [1.54, 1.807) is 13.2 Å². The Hall–Kier alpha value is -1.18. The number of aromatic nitrogens is 1. The summed E-state index contributed by atoms with van der Waals surface area (Å²) in [6, 6.07) is 4.36. The molecule has 0 N–H and O–H groups in total. The van der Waals surface area contributed by atoms with Gasteiger partial charge in [0.1, 0.15) is 11.1 Å². The average molecular weight is 386 g/mol. The number of hydrogen-bond acceptors (Lipinski definition) is 4. The minimum Gasteiger partial charge on any atom is -0.364 e. The molecule has 0 unspecified atom stereocenters. The number of carbonyl (C=O) groups excluding carboxylic acids is 1. The van der Waals surface area contributed by atoms with Crippen LogP contribution in [0.4, 0.5) is 13.2 Å².